The second-order valence-corrected chi connectivity index (χ2v) is 6.60. The Morgan fingerprint density at radius 2 is 1.40 bits per heavy atom. The van der Waals surface area contributed by atoms with Crippen molar-refractivity contribution in [1.82, 2.24) is 0 Å². The molecular weight excluding hydrogens is 424 g/mol. The predicted octanol–water partition coefficient (Wildman–Crippen LogP) is 5.54. The highest BCUT2D eigenvalue weighted by Crippen LogP contribution is 2.54. The van der Waals surface area contributed by atoms with Crippen molar-refractivity contribution < 1.29 is 39.9 Å². The number of carbonyl (C=O) groups excluding carboxylic acids is 1. The van der Waals surface area contributed by atoms with Gasteiger partial charge in [0.05, 0.1) is 11.3 Å². The maximum Gasteiger partial charge on any atom is 0.435 e. The van der Waals surface area contributed by atoms with Crippen molar-refractivity contribution in [3.63, 3.8) is 0 Å². The zero-order valence-corrected chi connectivity index (χ0v) is 15.8. The summed E-state index contributed by atoms with van der Waals surface area (Å²) in [5.41, 5.74) is -3.07. The first-order valence-electron chi connectivity index (χ1n) is 8.32. The van der Waals surface area contributed by atoms with Crippen LogP contribution < -0.4 is 11.1 Å². The molecule has 0 saturated carbocycles. The summed E-state index contributed by atoms with van der Waals surface area (Å²) in [6, 6.07) is 3.11. The van der Waals surface area contributed by atoms with E-state index in [4.69, 9.17) is 5.73 Å². The van der Waals surface area contributed by atoms with Crippen LogP contribution in [0.15, 0.2) is 24.3 Å². The molecule has 30 heavy (non-hydrogen) atoms. The normalized spacial score (nSPS) is 12.8. The molecule has 0 aliphatic rings. The zero-order valence-electron chi connectivity index (χ0n) is 15.8. The third-order valence-electron chi connectivity index (χ3n) is 4.64. The maximum absolute atomic E-state index is 14.6. The number of nitrogens with one attached hydrogen (secondary N) is 1. The van der Waals surface area contributed by atoms with Gasteiger partial charge in [-0.15, -0.1) is 0 Å². The van der Waals surface area contributed by atoms with Gasteiger partial charge < -0.3 is 11.1 Å². The van der Waals surface area contributed by atoms with Crippen molar-refractivity contribution in [2.75, 3.05) is 12.4 Å². The van der Waals surface area contributed by atoms with E-state index in [2.05, 4.69) is 5.32 Å². The number of benzene rings is 2. The first kappa shape index (κ1) is 23.4. The molecule has 0 atom stereocenters. The Hall–Kier alpha value is -2.85. The minimum atomic E-state index is -6.25. The van der Waals surface area contributed by atoms with Crippen LogP contribution in [-0.2, 0) is 5.67 Å². The zero-order chi connectivity index (χ0) is 23.2. The lowest BCUT2D eigenvalue weighted by molar-refractivity contribution is -0.348. The number of rotatable bonds is 4. The maximum atomic E-state index is 14.6. The Kier molecular flexibility index (Phi) is 5.81. The molecule has 3 nitrogen and oxygen atoms in total. The molecule has 11 heteroatoms. The van der Waals surface area contributed by atoms with Gasteiger partial charge in [-0.25, -0.2) is 8.78 Å². The van der Waals surface area contributed by atoms with E-state index in [0.29, 0.717) is 12.1 Å². The summed E-state index contributed by atoms with van der Waals surface area (Å²) in [4.78, 5) is 11.3. The molecule has 0 spiro atoms. The molecule has 0 unspecified atom stereocenters. The summed E-state index contributed by atoms with van der Waals surface area (Å²) in [5.74, 6) is -2.12. The second kappa shape index (κ2) is 7.44. The van der Waals surface area contributed by atoms with Crippen LogP contribution in [0, 0.1) is 19.7 Å². The van der Waals surface area contributed by atoms with Crippen molar-refractivity contribution >= 4 is 11.6 Å². The third kappa shape index (κ3) is 3.56. The second-order valence-electron chi connectivity index (χ2n) is 6.60. The van der Waals surface area contributed by atoms with Gasteiger partial charge in [0.15, 0.2) is 5.82 Å². The van der Waals surface area contributed by atoms with Gasteiger partial charge >= 0.3 is 18.0 Å². The topological polar surface area (TPSA) is 55.1 Å². The Morgan fingerprint density at radius 3 is 1.77 bits per heavy atom. The molecule has 0 heterocycles. The molecule has 2 aromatic carbocycles. The first-order valence-corrected chi connectivity index (χ1v) is 8.32. The predicted molar refractivity (Wildman–Crippen MR) is 94.3 cm³/mol. The first-order chi connectivity index (χ1) is 13.6. The fraction of sp³-hybridized carbons (Fsp3) is 0.316. The molecule has 0 fully saturated rings. The van der Waals surface area contributed by atoms with E-state index in [1.807, 2.05) is 0 Å². The van der Waals surface area contributed by atoms with E-state index in [1.54, 1.807) is 0 Å². The molecule has 1 amide bonds. The van der Waals surface area contributed by atoms with Crippen LogP contribution in [0.25, 0.3) is 11.1 Å². The minimum Gasteiger partial charge on any atom is -0.385 e. The quantitative estimate of drug-likeness (QED) is 0.614. The van der Waals surface area contributed by atoms with Crippen LogP contribution in [0.1, 0.15) is 27.0 Å². The molecule has 2 rings (SSSR count). The van der Waals surface area contributed by atoms with Crippen molar-refractivity contribution in [3.05, 3.63) is 52.3 Å². The van der Waals surface area contributed by atoms with E-state index in [-0.39, 0.29) is 27.9 Å². The van der Waals surface area contributed by atoms with Gasteiger partial charge in [0.1, 0.15) is 0 Å². The largest absolute Gasteiger partial charge is 0.435 e. The Labute approximate surface area is 165 Å². The smallest absolute Gasteiger partial charge is 0.385 e. The molecular formula is C19H16F8N2O. The Bertz CT molecular complexity index is 958. The van der Waals surface area contributed by atoms with Crippen molar-refractivity contribution in [2.24, 2.45) is 5.73 Å². The highest BCUT2D eigenvalue weighted by Gasteiger charge is 2.73. The molecule has 164 valence electrons. The summed E-state index contributed by atoms with van der Waals surface area (Å²) in [7, 11) is 1.30. The van der Waals surface area contributed by atoms with Crippen molar-refractivity contribution in [2.45, 2.75) is 31.9 Å². The van der Waals surface area contributed by atoms with Crippen molar-refractivity contribution in [3.8, 4) is 11.1 Å². The van der Waals surface area contributed by atoms with Gasteiger partial charge in [0.2, 0.25) is 0 Å². The molecule has 0 bridgehead atoms. The number of aryl methyl sites for hydroxylation is 2. The molecule has 0 radical (unpaired) electrons. The SMILES string of the molecule is CNc1c(-c2c(C)cc(C(F)(C(F)(F)F)C(F)(F)F)cc2C)ccc(C(N)=O)c1F. The number of primary amides is 1. The summed E-state index contributed by atoms with van der Waals surface area (Å²) in [6.45, 7) is 2.33. The van der Waals surface area contributed by atoms with E-state index in [0.717, 1.165) is 6.07 Å². The van der Waals surface area contributed by atoms with Crippen LogP contribution in [0.4, 0.5) is 40.8 Å². The lowest BCUT2D eigenvalue weighted by atomic mass is 9.86. The lowest BCUT2D eigenvalue weighted by Gasteiger charge is -2.31. The van der Waals surface area contributed by atoms with E-state index >= 15 is 0 Å². The summed E-state index contributed by atoms with van der Waals surface area (Å²) >= 11 is 0. The van der Waals surface area contributed by atoms with Crippen LogP contribution >= 0.6 is 0 Å². The fourth-order valence-corrected chi connectivity index (χ4v) is 3.29. The summed E-state index contributed by atoms with van der Waals surface area (Å²) in [6.07, 6.45) is -12.5. The Balaban J connectivity index is 2.81. The number of alkyl halides is 7. The van der Waals surface area contributed by atoms with Gasteiger partial charge in [-0.2, -0.15) is 26.3 Å². The van der Waals surface area contributed by atoms with E-state index in [9.17, 15) is 39.9 Å². The molecule has 2 aromatic rings. The van der Waals surface area contributed by atoms with Crippen molar-refractivity contribution in [1.29, 1.82) is 0 Å². The third-order valence-corrected chi connectivity index (χ3v) is 4.64. The highest BCUT2D eigenvalue weighted by molar-refractivity contribution is 5.96. The van der Waals surface area contributed by atoms with Crippen LogP contribution in [0.2, 0.25) is 0 Å². The van der Waals surface area contributed by atoms with Gasteiger partial charge in [0, 0.05) is 18.2 Å². The Morgan fingerprint density at radius 1 is 0.933 bits per heavy atom. The number of amides is 1. The standard InChI is InChI=1S/C19H16F8N2O/c1-8-6-10(17(21,18(22,23)24)19(25,26)27)7-9(2)13(8)11-4-5-12(16(28)30)14(20)15(11)29-3/h4-7,29H,1-3H3,(H2,28,30). The number of hydrogen-bond donors (Lipinski definition) is 2. The number of hydrogen-bond acceptors (Lipinski definition) is 2. The molecule has 0 aliphatic carbocycles. The number of carbonyl (C=O) groups is 1. The number of nitrogens with two attached hydrogens (primary N) is 1. The van der Waals surface area contributed by atoms with Gasteiger partial charge in [-0.05, 0) is 36.6 Å². The van der Waals surface area contributed by atoms with Gasteiger partial charge in [0.25, 0.3) is 5.91 Å². The van der Waals surface area contributed by atoms with Crippen LogP contribution in [0.3, 0.4) is 0 Å². The molecule has 0 aromatic heterocycles. The lowest BCUT2D eigenvalue weighted by Crippen LogP contribution is -2.50. The van der Waals surface area contributed by atoms with Crippen LogP contribution in [-0.4, -0.2) is 25.3 Å². The summed E-state index contributed by atoms with van der Waals surface area (Å²) < 4.78 is 107. The average molecular weight is 440 g/mol. The fourth-order valence-electron chi connectivity index (χ4n) is 3.29. The molecule has 0 aliphatic heterocycles. The monoisotopic (exact) mass is 440 g/mol. The van der Waals surface area contributed by atoms with Gasteiger partial charge in [-0.1, -0.05) is 18.2 Å². The van der Waals surface area contributed by atoms with Gasteiger partial charge in [-0.3, -0.25) is 4.79 Å². The average Bonchev–Trinajstić information content (AvgIpc) is 2.58. The minimum absolute atomic E-state index is 0.0463. The number of halogens is 8. The molecule has 3 N–H and O–H groups in total. The summed E-state index contributed by atoms with van der Waals surface area (Å²) in [5, 5.41) is 2.49. The van der Waals surface area contributed by atoms with E-state index < -0.39 is 40.9 Å². The highest BCUT2D eigenvalue weighted by atomic mass is 19.4. The number of anilines is 1. The van der Waals surface area contributed by atoms with Crippen LogP contribution in [0.5, 0.6) is 0 Å². The van der Waals surface area contributed by atoms with E-state index in [1.165, 1.54) is 27.0 Å². The molecule has 0 saturated heterocycles.